The Hall–Kier alpha value is -3.00. The maximum Gasteiger partial charge on any atom is 0.270 e. The maximum atomic E-state index is 13.4. The molecule has 0 radical (unpaired) electrons. The van der Waals surface area contributed by atoms with Crippen molar-refractivity contribution in [2.75, 3.05) is 0 Å². The van der Waals surface area contributed by atoms with Crippen LogP contribution in [0.3, 0.4) is 0 Å². The lowest BCUT2D eigenvalue weighted by atomic mass is 9.79. The number of hydrogen-bond acceptors (Lipinski definition) is 6. The number of aromatic nitrogens is 3. The number of rotatable bonds is 2. The van der Waals surface area contributed by atoms with Crippen LogP contribution in [0.1, 0.15) is 36.7 Å². The van der Waals surface area contributed by atoms with E-state index in [1.54, 1.807) is 9.25 Å². The Morgan fingerprint density at radius 2 is 2.10 bits per heavy atom. The second-order valence-corrected chi connectivity index (χ2v) is 8.76. The van der Waals surface area contributed by atoms with E-state index in [9.17, 15) is 9.59 Å². The minimum Gasteiger partial charge on any atom is -0.465 e. The molecule has 5 rings (SSSR count). The van der Waals surface area contributed by atoms with Gasteiger partial charge in [0, 0.05) is 24.4 Å². The highest BCUT2D eigenvalue weighted by Crippen LogP contribution is 2.47. The van der Waals surface area contributed by atoms with Gasteiger partial charge in [0.05, 0.1) is 16.3 Å². The van der Waals surface area contributed by atoms with E-state index >= 15 is 0 Å². The van der Waals surface area contributed by atoms with Crippen molar-refractivity contribution in [2.45, 2.75) is 32.5 Å². The number of carbonyl (C=O) groups is 1. The molecule has 2 aromatic heterocycles. The summed E-state index contributed by atoms with van der Waals surface area (Å²) in [4.78, 5) is 31.4. The van der Waals surface area contributed by atoms with Gasteiger partial charge in [-0.05, 0) is 32.9 Å². The zero-order chi connectivity index (χ0) is 20.5. The van der Waals surface area contributed by atoms with E-state index < -0.39 is 17.7 Å². The number of para-hydroxylation sites is 1. The first-order valence-corrected chi connectivity index (χ1v) is 10.2. The average molecular weight is 408 g/mol. The van der Waals surface area contributed by atoms with Crippen molar-refractivity contribution in [1.29, 1.82) is 0 Å². The van der Waals surface area contributed by atoms with Gasteiger partial charge in [0.15, 0.2) is 4.80 Å². The van der Waals surface area contributed by atoms with Gasteiger partial charge in [-0.15, -0.1) is 0 Å². The first-order chi connectivity index (χ1) is 13.8. The van der Waals surface area contributed by atoms with Gasteiger partial charge in [-0.25, -0.2) is 4.99 Å². The molecule has 29 heavy (non-hydrogen) atoms. The van der Waals surface area contributed by atoms with Crippen LogP contribution in [0.15, 0.2) is 40.2 Å². The van der Waals surface area contributed by atoms with E-state index in [1.807, 2.05) is 57.4 Å². The summed E-state index contributed by atoms with van der Waals surface area (Å²) in [7, 11) is 1.85. The van der Waals surface area contributed by atoms with Crippen LogP contribution in [0.25, 0.3) is 6.08 Å². The summed E-state index contributed by atoms with van der Waals surface area (Å²) in [5.41, 5.74) is 1.39. The molecule has 7 nitrogen and oxygen atoms in total. The molecule has 1 aromatic carbocycles. The monoisotopic (exact) mass is 408 g/mol. The topological polar surface area (TPSA) is 78.5 Å². The fourth-order valence-corrected chi connectivity index (χ4v) is 5.55. The van der Waals surface area contributed by atoms with Gasteiger partial charge in [-0.3, -0.25) is 18.8 Å². The summed E-state index contributed by atoms with van der Waals surface area (Å²) in [6, 6.07) is 7.13. The predicted octanol–water partition coefficient (Wildman–Crippen LogP) is 1.32. The van der Waals surface area contributed by atoms with Crippen molar-refractivity contribution in [3.05, 3.63) is 67.0 Å². The molecular weight excluding hydrogens is 388 g/mol. The molecular formula is C21H20N4O3S. The number of hydrogen-bond donors (Lipinski definition) is 0. The van der Waals surface area contributed by atoms with Gasteiger partial charge in [-0.2, -0.15) is 5.10 Å². The molecule has 0 fully saturated rings. The Bertz CT molecular complexity index is 1350. The number of fused-ring (bicyclic) bond motifs is 6. The van der Waals surface area contributed by atoms with Crippen molar-refractivity contribution in [2.24, 2.45) is 18.0 Å². The Kier molecular flexibility index (Phi) is 3.73. The number of ether oxygens (including phenoxy) is 1. The summed E-state index contributed by atoms with van der Waals surface area (Å²) < 4.78 is 10.1. The van der Waals surface area contributed by atoms with Gasteiger partial charge in [0.2, 0.25) is 5.72 Å². The zero-order valence-electron chi connectivity index (χ0n) is 16.5. The quantitative estimate of drug-likeness (QED) is 0.641. The fraction of sp³-hybridized carbons (Fsp3) is 0.333. The lowest BCUT2D eigenvalue weighted by Crippen LogP contribution is -2.58. The van der Waals surface area contributed by atoms with E-state index in [2.05, 4.69) is 5.10 Å². The smallest absolute Gasteiger partial charge is 0.270 e. The summed E-state index contributed by atoms with van der Waals surface area (Å²) in [5.74, 6) is 0.0527. The van der Waals surface area contributed by atoms with E-state index in [4.69, 9.17) is 9.73 Å². The van der Waals surface area contributed by atoms with Crippen LogP contribution in [0, 0.1) is 12.8 Å². The van der Waals surface area contributed by atoms with E-state index in [-0.39, 0.29) is 11.3 Å². The Labute approximate surface area is 170 Å². The number of thiazole rings is 1. The van der Waals surface area contributed by atoms with Crippen LogP contribution in [0.4, 0.5) is 0 Å². The summed E-state index contributed by atoms with van der Waals surface area (Å²) in [5, 5.41) is 4.34. The first-order valence-electron chi connectivity index (χ1n) is 9.40. The minimum atomic E-state index is -1.04. The fourth-order valence-electron chi connectivity index (χ4n) is 4.46. The molecule has 0 saturated heterocycles. The number of ketones is 1. The Morgan fingerprint density at radius 3 is 2.79 bits per heavy atom. The molecule has 0 aliphatic carbocycles. The van der Waals surface area contributed by atoms with Crippen molar-refractivity contribution >= 4 is 23.2 Å². The highest BCUT2D eigenvalue weighted by Gasteiger charge is 2.53. The molecule has 2 bridgehead atoms. The molecule has 3 atom stereocenters. The summed E-state index contributed by atoms with van der Waals surface area (Å²) in [6.45, 7) is 5.27. The van der Waals surface area contributed by atoms with Crippen molar-refractivity contribution in [3.8, 4) is 5.75 Å². The lowest BCUT2D eigenvalue weighted by Gasteiger charge is -2.45. The SMILES string of the molecule is CC(=O)[C@H]1[C@H]2c3ccccc3O[C@@]1(C)N=c1s/c(=C/c3cn(C)nc3C)c(=O)n12. The molecule has 2 aliphatic rings. The van der Waals surface area contributed by atoms with Crippen LogP contribution in [0.2, 0.25) is 0 Å². The maximum absolute atomic E-state index is 13.4. The number of Topliss-reactive ketones (excluding diaryl/α,β-unsaturated/α-hetero) is 1. The number of benzene rings is 1. The van der Waals surface area contributed by atoms with Gasteiger partial charge in [0.25, 0.3) is 5.56 Å². The van der Waals surface area contributed by atoms with Crippen molar-refractivity contribution < 1.29 is 9.53 Å². The third kappa shape index (κ3) is 2.55. The standard InChI is InChI=1S/C21H20N4O3S/c1-11-13(10-24(4)23-11)9-16-19(27)25-18-14-7-5-6-8-15(14)28-21(3,17(18)12(2)26)22-20(25)29-16/h5-10,17-18H,1-4H3/b16-9+/t17-,18+,21+/m0/s1. The Balaban J connectivity index is 1.82. The molecule has 0 saturated carbocycles. The largest absolute Gasteiger partial charge is 0.465 e. The van der Waals surface area contributed by atoms with Crippen LogP contribution in [-0.2, 0) is 11.8 Å². The lowest BCUT2D eigenvalue weighted by molar-refractivity contribution is -0.132. The highest BCUT2D eigenvalue weighted by molar-refractivity contribution is 7.07. The number of aryl methyl sites for hydroxylation is 2. The van der Waals surface area contributed by atoms with Crippen molar-refractivity contribution in [1.82, 2.24) is 14.3 Å². The molecule has 4 heterocycles. The molecule has 8 heteroatoms. The highest BCUT2D eigenvalue weighted by atomic mass is 32.1. The van der Waals surface area contributed by atoms with Crippen LogP contribution in [0.5, 0.6) is 5.75 Å². The third-order valence-electron chi connectivity index (χ3n) is 5.66. The van der Waals surface area contributed by atoms with E-state index in [0.717, 1.165) is 16.8 Å². The number of carbonyl (C=O) groups excluding carboxylic acids is 1. The molecule has 2 aliphatic heterocycles. The zero-order valence-corrected chi connectivity index (χ0v) is 17.4. The van der Waals surface area contributed by atoms with Crippen LogP contribution >= 0.6 is 11.3 Å². The first kappa shape index (κ1) is 18.1. The predicted molar refractivity (Wildman–Crippen MR) is 109 cm³/mol. The van der Waals surface area contributed by atoms with Gasteiger partial charge in [-0.1, -0.05) is 29.5 Å². The normalized spacial score (nSPS) is 25.0. The molecule has 0 spiro atoms. The van der Waals surface area contributed by atoms with Gasteiger partial charge < -0.3 is 4.74 Å². The van der Waals surface area contributed by atoms with Crippen LogP contribution < -0.4 is 19.6 Å². The summed E-state index contributed by atoms with van der Waals surface area (Å²) >= 11 is 1.32. The molecule has 3 aromatic rings. The second-order valence-electron chi connectivity index (χ2n) is 7.75. The van der Waals surface area contributed by atoms with Gasteiger partial charge in [0.1, 0.15) is 17.5 Å². The van der Waals surface area contributed by atoms with E-state index in [0.29, 0.717) is 15.1 Å². The number of nitrogens with zero attached hydrogens (tertiary/aromatic N) is 4. The molecule has 0 unspecified atom stereocenters. The summed E-state index contributed by atoms with van der Waals surface area (Å²) in [6.07, 6.45) is 3.73. The average Bonchev–Trinajstić information content (AvgIpc) is 3.11. The Morgan fingerprint density at radius 1 is 1.34 bits per heavy atom. The van der Waals surface area contributed by atoms with Gasteiger partial charge >= 0.3 is 0 Å². The van der Waals surface area contributed by atoms with E-state index in [1.165, 1.54) is 18.3 Å². The van der Waals surface area contributed by atoms with Crippen LogP contribution in [-0.4, -0.2) is 25.9 Å². The molecule has 0 amide bonds. The molecule has 148 valence electrons. The second kappa shape index (κ2) is 6.00. The molecule has 0 N–H and O–H groups in total. The van der Waals surface area contributed by atoms with Crippen molar-refractivity contribution in [3.63, 3.8) is 0 Å². The third-order valence-corrected chi connectivity index (χ3v) is 6.64. The minimum absolute atomic E-state index is 0.0480.